The average Bonchev–Trinajstić information content (AvgIpc) is 2.98. The maximum absolute atomic E-state index is 11.6. The molecule has 0 aromatic carbocycles. The van der Waals surface area contributed by atoms with Gasteiger partial charge in [0, 0.05) is 24.4 Å². The number of hydrogen-bond acceptors (Lipinski definition) is 7. The zero-order valence-corrected chi connectivity index (χ0v) is 16.7. The van der Waals surface area contributed by atoms with Gasteiger partial charge in [0.1, 0.15) is 5.60 Å². The molecule has 2 aliphatic rings. The number of amides is 1. The van der Waals surface area contributed by atoms with Gasteiger partial charge < -0.3 is 30.9 Å². The number of hydrogen-bond donors (Lipinski definition) is 3. The van der Waals surface area contributed by atoms with Crippen molar-refractivity contribution in [3.63, 3.8) is 0 Å². The molecule has 0 saturated carbocycles. The Morgan fingerprint density at radius 2 is 2.15 bits per heavy atom. The number of aliphatic hydroxyl groups is 1. The number of anilines is 2. The number of carbonyl (C=O) groups excluding carboxylic acids is 1. The summed E-state index contributed by atoms with van der Waals surface area (Å²) in [5.74, 6) is 0.398. The van der Waals surface area contributed by atoms with Gasteiger partial charge in [0.2, 0.25) is 5.88 Å². The van der Waals surface area contributed by atoms with Crippen LogP contribution in [-0.2, 0) is 11.2 Å². The standard InChI is InChI=1S/C19H30N4O4/c1-10-9-23(13-11-6-7-26-16(11)22-8-12(13)20)14(18(2,3)4)15(19(10,5)25)27-17(21)24/h8,10,14-15,25H,6-7,9,20H2,1-5H3,(H2,21,24)/t10-,14?,15+,19-/m0/s1. The number of nitrogens with zero attached hydrogens (tertiary/aromatic N) is 2. The van der Waals surface area contributed by atoms with Crippen molar-refractivity contribution >= 4 is 17.5 Å². The SMILES string of the molecule is C[C@H]1CN(c2c(N)cnc3c2CCO3)C(C(C)(C)C)[C@@H](OC(N)=O)[C@@]1(C)O. The fourth-order valence-corrected chi connectivity index (χ4v) is 4.30. The van der Waals surface area contributed by atoms with Gasteiger partial charge in [0.05, 0.1) is 30.2 Å². The van der Waals surface area contributed by atoms with Crippen LogP contribution in [0.1, 0.15) is 40.2 Å². The van der Waals surface area contributed by atoms with Gasteiger partial charge in [-0.05, 0) is 12.3 Å². The predicted octanol–water partition coefficient (Wildman–Crippen LogP) is 1.68. The summed E-state index contributed by atoms with van der Waals surface area (Å²) in [6.07, 6.45) is 0.590. The molecule has 4 atom stereocenters. The molecule has 8 heteroatoms. The molecule has 1 aromatic rings. The first-order valence-electron chi connectivity index (χ1n) is 9.29. The van der Waals surface area contributed by atoms with E-state index in [1.165, 1.54) is 0 Å². The lowest BCUT2D eigenvalue weighted by molar-refractivity contribution is -0.135. The van der Waals surface area contributed by atoms with E-state index in [1.807, 2.05) is 27.7 Å². The van der Waals surface area contributed by atoms with E-state index in [4.69, 9.17) is 20.9 Å². The van der Waals surface area contributed by atoms with Crippen LogP contribution in [0.5, 0.6) is 5.88 Å². The normalized spacial score (nSPS) is 30.6. The molecule has 3 rings (SSSR count). The summed E-state index contributed by atoms with van der Waals surface area (Å²) >= 11 is 0. The van der Waals surface area contributed by atoms with E-state index in [0.29, 0.717) is 31.1 Å². The van der Waals surface area contributed by atoms with Crippen molar-refractivity contribution in [1.82, 2.24) is 4.98 Å². The van der Waals surface area contributed by atoms with Crippen LogP contribution in [0.3, 0.4) is 0 Å². The van der Waals surface area contributed by atoms with E-state index < -0.39 is 17.8 Å². The maximum Gasteiger partial charge on any atom is 0.404 e. The molecule has 27 heavy (non-hydrogen) atoms. The smallest absolute Gasteiger partial charge is 0.404 e. The van der Waals surface area contributed by atoms with Crippen molar-refractivity contribution in [2.24, 2.45) is 17.1 Å². The number of fused-ring (bicyclic) bond motifs is 1. The first-order valence-corrected chi connectivity index (χ1v) is 9.29. The Morgan fingerprint density at radius 1 is 1.48 bits per heavy atom. The number of pyridine rings is 1. The number of nitrogen functional groups attached to an aromatic ring is 1. The third kappa shape index (κ3) is 3.26. The van der Waals surface area contributed by atoms with E-state index in [9.17, 15) is 9.90 Å². The first-order chi connectivity index (χ1) is 12.4. The second kappa shape index (κ2) is 6.44. The average molecular weight is 378 g/mol. The summed E-state index contributed by atoms with van der Waals surface area (Å²) in [6, 6.07) is -0.342. The highest BCUT2D eigenvalue weighted by molar-refractivity contribution is 5.75. The molecule has 8 nitrogen and oxygen atoms in total. The molecule has 2 aliphatic heterocycles. The van der Waals surface area contributed by atoms with Crippen LogP contribution in [0.25, 0.3) is 0 Å². The van der Waals surface area contributed by atoms with E-state index in [2.05, 4.69) is 9.88 Å². The van der Waals surface area contributed by atoms with E-state index >= 15 is 0 Å². The van der Waals surface area contributed by atoms with Crippen LogP contribution in [0.4, 0.5) is 16.2 Å². The first kappa shape index (κ1) is 19.5. The fourth-order valence-electron chi connectivity index (χ4n) is 4.30. The summed E-state index contributed by atoms with van der Waals surface area (Å²) in [5.41, 5.74) is 12.5. The predicted molar refractivity (Wildman–Crippen MR) is 103 cm³/mol. The second-order valence-electron chi connectivity index (χ2n) is 8.89. The Hall–Kier alpha value is -2.22. The van der Waals surface area contributed by atoms with Gasteiger partial charge in [-0.3, -0.25) is 0 Å². The number of rotatable bonds is 2. The number of nitrogens with two attached hydrogens (primary N) is 2. The van der Waals surface area contributed by atoms with E-state index in [0.717, 1.165) is 11.3 Å². The molecule has 0 spiro atoms. The van der Waals surface area contributed by atoms with Gasteiger partial charge in [0.25, 0.3) is 0 Å². The molecule has 1 fully saturated rings. The Labute approximate surface area is 159 Å². The summed E-state index contributed by atoms with van der Waals surface area (Å²) in [4.78, 5) is 18.1. The van der Waals surface area contributed by atoms with Crippen LogP contribution in [0.2, 0.25) is 0 Å². The molecular weight excluding hydrogens is 348 g/mol. The molecular formula is C19H30N4O4. The van der Waals surface area contributed by atoms with Crippen molar-refractivity contribution in [1.29, 1.82) is 0 Å². The number of ether oxygens (including phenoxy) is 2. The maximum atomic E-state index is 11.6. The zero-order chi connectivity index (χ0) is 20.1. The quantitative estimate of drug-likeness (QED) is 0.715. The third-order valence-corrected chi connectivity index (χ3v) is 5.81. The summed E-state index contributed by atoms with van der Waals surface area (Å²) < 4.78 is 11.1. The lowest BCUT2D eigenvalue weighted by Gasteiger charge is -2.56. The van der Waals surface area contributed by atoms with E-state index in [1.54, 1.807) is 13.1 Å². The Kier molecular flexibility index (Phi) is 4.66. The summed E-state index contributed by atoms with van der Waals surface area (Å²) in [7, 11) is 0. The summed E-state index contributed by atoms with van der Waals surface area (Å²) in [5, 5.41) is 11.2. The zero-order valence-electron chi connectivity index (χ0n) is 16.7. The Morgan fingerprint density at radius 3 is 2.74 bits per heavy atom. The molecule has 1 amide bonds. The molecule has 1 unspecified atom stereocenters. The minimum atomic E-state index is -1.23. The molecule has 1 aromatic heterocycles. The number of primary amides is 1. The monoisotopic (exact) mass is 378 g/mol. The van der Waals surface area contributed by atoms with Gasteiger partial charge in [-0.25, -0.2) is 9.78 Å². The van der Waals surface area contributed by atoms with Gasteiger partial charge in [-0.2, -0.15) is 0 Å². The second-order valence-corrected chi connectivity index (χ2v) is 8.89. The molecule has 3 heterocycles. The number of aromatic nitrogens is 1. The number of carbonyl (C=O) groups is 1. The van der Waals surface area contributed by atoms with Crippen LogP contribution < -0.4 is 21.1 Å². The van der Waals surface area contributed by atoms with E-state index in [-0.39, 0.29) is 17.4 Å². The van der Waals surface area contributed by atoms with Crippen molar-refractivity contribution in [3.8, 4) is 5.88 Å². The van der Waals surface area contributed by atoms with Crippen LogP contribution in [-0.4, -0.2) is 47.1 Å². The summed E-state index contributed by atoms with van der Waals surface area (Å²) in [6.45, 7) is 10.9. The topological polar surface area (TPSA) is 124 Å². The lowest BCUT2D eigenvalue weighted by atomic mass is 9.69. The molecule has 0 bridgehead atoms. The molecule has 0 radical (unpaired) electrons. The lowest BCUT2D eigenvalue weighted by Crippen LogP contribution is -2.69. The van der Waals surface area contributed by atoms with Gasteiger partial charge >= 0.3 is 6.09 Å². The molecule has 0 aliphatic carbocycles. The minimum Gasteiger partial charge on any atom is -0.477 e. The van der Waals surface area contributed by atoms with Crippen molar-refractivity contribution in [2.45, 2.75) is 58.8 Å². The van der Waals surface area contributed by atoms with Crippen molar-refractivity contribution in [2.75, 3.05) is 23.8 Å². The molecule has 150 valence electrons. The van der Waals surface area contributed by atoms with Gasteiger partial charge in [-0.1, -0.05) is 27.7 Å². The molecule has 1 saturated heterocycles. The van der Waals surface area contributed by atoms with Crippen LogP contribution in [0.15, 0.2) is 6.20 Å². The van der Waals surface area contributed by atoms with Crippen molar-refractivity contribution in [3.05, 3.63) is 11.8 Å². The highest BCUT2D eigenvalue weighted by atomic mass is 16.6. The van der Waals surface area contributed by atoms with Crippen LogP contribution >= 0.6 is 0 Å². The molecule has 5 N–H and O–H groups in total. The fraction of sp³-hybridized carbons (Fsp3) is 0.684. The Bertz CT molecular complexity index is 744. The highest BCUT2D eigenvalue weighted by Gasteiger charge is 2.55. The van der Waals surface area contributed by atoms with Crippen molar-refractivity contribution < 1.29 is 19.4 Å². The minimum absolute atomic E-state index is 0.189. The van der Waals surface area contributed by atoms with Crippen LogP contribution in [0, 0.1) is 11.3 Å². The largest absolute Gasteiger partial charge is 0.477 e. The number of piperidine rings is 1. The van der Waals surface area contributed by atoms with Gasteiger partial charge in [-0.15, -0.1) is 0 Å². The third-order valence-electron chi connectivity index (χ3n) is 5.81. The highest BCUT2D eigenvalue weighted by Crippen LogP contribution is 2.47. The Balaban J connectivity index is 2.17. The van der Waals surface area contributed by atoms with Gasteiger partial charge in [0.15, 0.2) is 6.10 Å².